The number of non-ortho nitro benzene ring substituents is 1. The molecule has 0 unspecified atom stereocenters. The lowest BCUT2D eigenvalue weighted by molar-refractivity contribution is -0.383. The van der Waals surface area contributed by atoms with Crippen LogP contribution in [0.5, 0.6) is 0 Å². The zero-order valence-electron chi connectivity index (χ0n) is 10.8. The number of hydrogen-bond acceptors (Lipinski definition) is 5. The van der Waals surface area contributed by atoms with Gasteiger partial charge in [-0.25, -0.2) is 4.98 Å². The van der Waals surface area contributed by atoms with Crippen molar-refractivity contribution in [2.75, 3.05) is 18.0 Å². The zero-order valence-corrected chi connectivity index (χ0v) is 10.8. The van der Waals surface area contributed by atoms with E-state index >= 15 is 0 Å². The molecule has 2 aromatic rings. The van der Waals surface area contributed by atoms with Crippen molar-refractivity contribution >= 4 is 28.1 Å². The molecule has 1 aromatic heterocycles. The number of aromatic nitrogens is 1. The van der Waals surface area contributed by atoms with Crippen molar-refractivity contribution in [2.45, 2.75) is 12.8 Å². The van der Waals surface area contributed by atoms with Crippen molar-refractivity contribution in [3.63, 3.8) is 0 Å². The molecular weight excluding hydrogens is 258 g/mol. The van der Waals surface area contributed by atoms with Crippen LogP contribution < -0.4 is 4.90 Å². The van der Waals surface area contributed by atoms with Gasteiger partial charge in [0, 0.05) is 49.3 Å². The smallest absolute Gasteiger partial charge is 0.295 e. The van der Waals surface area contributed by atoms with Gasteiger partial charge in [-0.15, -0.1) is 0 Å². The molecule has 0 atom stereocenters. The number of carbonyl (C=O) groups excluding carboxylic acids is 1. The second kappa shape index (κ2) is 4.88. The van der Waals surface area contributed by atoms with Crippen molar-refractivity contribution in [2.24, 2.45) is 0 Å². The summed E-state index contributed by atoms with van der Waals surface area (Å²) in [5.74, 6) is 0.269. The molecule has 0 radical (unpaired) electrons. The van der Waals surface area contributed by atoms with Crippen LogP contribution in [0.1, 0.15) is 12.8 Å². The fourth-order valence-electron chi connectivity index (χ4n) is 2.57. The number of anilines is 1. The maximum absolute atomic E-state index is 11.3. The highest BCUT2D eigenvalue weighted by Gasteiger charge is 2.20. The Bertz CT molecular complexity index is 689. The SMILES string of the molecule is O=C1CCN(c2ccnc3c([N+](=O)[O-])cccc23)CC1. The molecule has 0 saturated carbocycles. The first kappa shape index (κ1) is 12.5. The molecule has 1 fully saturated rings. The molecule has 0 N–H and O–H groups in total. The minimum atomic E-state index is -0.418. The van der Waals surface area contributed by atoms with Gasteiger partial charge in [0.1, 0.15) is 11.3 Å². The highest BCUT2D eigenvalue weighted by Crippen LogP contribution is 2.31. The average Bonchev–Trinajstić information content (AvgIpc) is 2.47. The normalized spacial score (nSPS) is 15.6. The van der Waals surface area contributed by atoms with Gasteiger partial charge in [0.15, 0.2) is 0 Å². The monoisotopic (exact) mass is 271 g/mol. The Hall–Kier alpha value is -2.50. The second-order valence-corrected chi connectivity index (χ2v) is 4.79. The molecule has 0 spiro atoms. The molecule has 0 amide bonds. The summed E-state index contributed by atoms with van der Waals surface area (Å²) < 4.78 is 0. The number of fused-ring (bicyclic) bond motifs is 1. The third kappa shape index (κ3) is 2.09. The number of pyridine rings is 1. The summed E-state index contributed by atoms with van der Waals surface area (Å²) in [5.41, 5.74) is 1.32. The number of nitro benzene ring substituents is 1. The van der Waals surface area contributed by atoms with Crippen LogP contribution in [0.4, 0.5) is 11.4 Å². The Kier molecular flexibility index (Phi) is 3.06. The number of piperidine rings is 1. The number of benzene rings is 1. The molecule has 1 aliphatic heterocycles. The Labute approximate surface area is 115 Å². The molecule has 2 heterocycles. The van der Waals surface area contributed by atoms with Crippen LogP contribution in [0.15, 0.2) is 30.5 Å². The van der Waals surface area contributed by atoms with Crippen molar-refractivity contribution in [1.29, 1.82) is 0 Å². The summed E-state index contributed by atoms with van der Waals surface area (Å²) in [4.78, 5) is 28.2. The Morgan fingerprint density at radius 3 is 2.65 bits per heavy atom. The molecule has 1 aromatic carbocycles. The molecule has 1 aliphatic rings. The number of para-hydroxylation sites is 1. The number of nitrogens with zero attached hydrogens (tertiary/aromatic N) is 3. The van der Waals surface area contributed by atoms with E-state index in [1.54, 1.807) is 12.3 Å². The molecule has 1 saturated heterocycles. The van der Waals surface area contributed by atoms with Crippen molar-refractivity contribution in [1.82, 2.24) is 4.98 Å². The predicted octanol–water partition coefficient (Wildman–Crippen LogP) is 2.31. The first-order valence-electron chi connectivity index (χ1n) is 6.45. The zero-order chi connectivity index (χ0) is 14.1. The number of Topliss-reactive ketones (excluding diaryl/α,β-unsaturated/α-hetero) is 1. The van der Waals surface area contributed by atoms with E-state index in [1.165, 1.54) is 6.07 Å². The molecule has 3 rings (SSSR count). The van der Waals surface area contributed by atoms with Gasteiger partial charge in [-0.2, -0.15) is 0 Å². The molecular formula is C14H13N3O3. The second-order valence-electron chi connectivity index (χ2n) is 4.79. The third-order valence-electron chi connectivity index (χ3n) is 3.59. The van der Waals surface area contributed by atoms with Crippen LogP contribution in [-0.4, -0.2) is 28.8 Å². The minimum Gasteiger partial charge on any atom is -0.370 e. The summed E-state index contributed by atoms with van der Waals surface area (Å²) in [5, 5.41) is 11.8. The number of rotatable bonds is 2. The number of hydrogen-bond donors (Lipinski definition) is 0. The maximum Gasteiger partial charge on any atom is 0.295 e. The van der Waals surface area contributed by atoms with Gasteiger partial charge < -0.3 is 4.90 Å². The summed E-state index contributed by atoms with van der Waals surface area (Å²) >= 11 is 0. The number of ketones is 1. The third-order valence-corrected chi connectivity index (χ3v) is 3.59. The van der Waals surface area contributed by atoms with E-state index in [-0.39, 0.29) is 11.5 Å². The summed E-state index contributed by atoms with van der Waals surface area (Å²) in [6.45, 7) is 1.31. The molecule has 0 bridgehead atoms. The van der Waals surface area contributed by atoms with Crippen molar-refractivity contribution in [3.05, 3.63) is 40.6 Å². The maximum atomic E-state index is 11.3. The quantitative estimate of drug-likeness (QED) is 0.618. The lowest BCUT2D eigenvalue weighted by Crippen LogP contribution is -2.33. The molecule has 0 aliphatic carbocycles. The van der Waals surface area contributed by atoms with Gasteiger partial charge in [-0.05, 0) is 6.07 Å². The first-order chi connectivity index (χ1) is 9.66. The molecule has 6 nitrogen and oxygen atoms in total. The van der Waals surface area contributed by atoms with E-state index in [4.69, 9.17) is 0 Å². The highest BCUT2D eigenvalue weighted by atomic mass is 16.6. The molecule has 20 heavy (non-hydrogen) atoms. The van der Waals surface area contributed by atoms with E-state index in [0.29, 0.717) is 31.4 Å². The van der Waals surface area contributed by atoms with Gasteiger partial charge in [-0.3, -0.25) is 14.9 Å². The van der Waals surface area contributed by atoms with Crippen LogP contribution >= 0.6 is 0 Å². The van der Waals surface area contributed by atoms with Crippen LogP contribution in [0.25, 0.3) is 10.9 Å². The minimum absolute atomic E-state index is 0.0115. The van der Waals surface area contributed by atoms with Gasteiger partial charge in [0.25, 0.3) is 5.69 Å². The number of nitro groups is 1. The van der Waals surface area contributed by atoms with E-state index in [0.717, 1.165) is 11.1 Å². The standard InChI is InChI=1S/C14H13N3O3/c18-10-5-8-16(9-6-10)12-4-7-15-14-11(12)2-1-3-13(14)17(19)20/h1-4,7H,5-6,8-9H2. The van der Waals surface area contributed by atoms with E-state index in [2.05, 4.69) is 9.88 Å². The van der Waals surface area contributed by atoms with Crippen LogP contribution in [0.3, 0.4) is 0 Å². The van der Waals surface area contributed by atoms with E-state index in [9.17, 15) is 14.9 Å². The van der Waals surface area contributed by atoms with Crippen molar-refractivity contribution in [3.8, 4) is 0 Å². The Balaban J connectivity index is 2.10. The largest absolute Gasteiger partial charge is 0.370 e. The lowest BCUT2D eigenvalue weighted by atomic mass is 10.1. The fraction of sp³-hybridized carbons (Fsp3) is 0.286. The summed E-state index contributed by atoms with van der Waals surface area (Å²) in [6.07, 6.45) is 2.64. The fourth-order valence-corrected chi connectivity index (χ4v) is 2.57. The first-order valence-corrected chi connectivity index (χ1v) is 6.45. The highest BCUT2D eigenvalue weighted by molar-refractivity contribution is 5.97. The Morgan fingerprint density at radius 2 is 1.95 bits per heavy atom. The van der Waals surface area contributed by atoms with E-state index < -0.39 is 4.92 Å². The van der Waals surface area contributed by atoms with Gasteiger partial charge in [0.2, 0.25) is 0 Å². The Morgan fingerprint density at radius 1 is 1.20 bits per heavy atom. The van der Waals surface area contributed by atoms with Crippen LogP contribution in [0.2, 0.25) is 0 Å². The summed E-state index contributed by atoms with van der Waals surface area (Å²) in [7, 11) is 0. The summed E-state index contributed by atoms with van der Waals surface area (Å²) in [6, 6.07) is 6.81. The van der Waals surface area contributed by atoms with Crippen molar-refractivity contribution < 1.29 is 9.72 Å². The van der Waals surface area contributed by atoms with Gasteiger partial charge in [0.05, 0.1) is 4.92 Å². The van der Waals surface area contributed by atoms with E-state index in [1.807, 2.05) is 12.1 Å². The predicted molar refractivity (Wildman–Crippen MR) is 74.9 cm³/mol. The average molecular weight is 271 g/mol. The van der Waals surface area contributed by atoms with Gasteiger partial charge in [-0.1, -0.05) is 12.1 Å². The molecule has 6 heteroatoms. The number of carbonyl (C=O) groups is 1. The van der Waals surface area contributed by atoms with Crippen LogP contribution in [-0.2, 0) is 4.79 Å². The topological polar surface area (TPSA) is 76.3 Å². The van der Waals surface area contributed by atoms with Gasteiger partial charge >= 0.3 is 0 Å². The van der Waals surface area contributed by atoms with Crippen LogP contribution in [0, 0.1) is 10.1 Å². The lowest BCUT2D eigenvalue weighted by Gasteiger charge is -2.28. The molecule has 102 valence electrons.